The number of aromatic nitrogens is 3. The molecule has 0 unspecified atom stereocenters. The van der Waals surface area contributed by atoms with Crippen molar-refractivity contribution in [1.82, 2.24) is 49.7 Å². The number of hydrogen-bond donors (Lipinski definition) is 6. The Bertz CT molecular complexity index is 2570. The standard InChI is InChI=1S/C51H69N13O11/c1-3-4-12-40(65)31-59(2)44(67)32-62(23-16-49(72)73)47(70)36-64(30-38-11-8-19-55-27-38)48(71)35-60(21-9-20-57-51(52)53)45(68)34-63(24-17-50(74)75)46(69)33-61(43(66)29-56-26-37-10-7-18-54-25-37)22-15-39-28-58-42-14-6-5-13-41(39)42/h5-8,10-11,13-14,18-19,25,27-28,56,58H,3-4,9,12,15-17,20-24,26,29-36H2,1-2H3,(H,72,73)(H,74,75)(H4,52,53,57). The fourth-order valence-corrected chi connectivity index (χ4v) is 7.71. The van der Waals surface area contributed by atoms with Crippen LogP contribution in [-0.4, -0.2) is 199 Å². The maximum Gasteiger partial charge on any atom is 0.305 e. The van der Waals surface area contributed by atoms with Crippen LogP contribution in [0.5, 0.6) is 0 Å². The number of nitrogens with two attached hydrogens (primary N) is 2. The first kappa shape index (κ1) is 59.3. The second-order valence-electron chi connectivity index (χ2n) is 17.8. The average molecular weight is 1040 g/mol. The second-order valence-corrected chi connectivity index (χ2v) is 17.8. The molecule has 3 heterocycles. The van der Waals surface area contributed by atoms with E-state index in [9.17, 15) is 53.4 Å². The predicted molar refractivity (Wildman–Crippen MR) is 276 cm³/mol. The van der Waals surface area contributed by atoms with Gasteiger partial charge in [-0.3, -0.25) is 58.1 Å². The number of carbonyl (C=O) groups is 9. The molecule has 0 aliphatic carbocycles. The highest BCUT2D eigenvalue weighted by Crippen LogP contribution is 2.19. The molecule has 0 aliphatic heterocycles. The molecule has 24 nitrogen and oxygen atoms in total. The maximum atomic E-state index is 14.5. The molecule has 1 aromatic carbocycles. The van der Waals surface area contributed by atoms with Gasteiger partial charge in [-0.2, -0.15) is 0 Å². The predicted octanol–water partition coefficient (Wildman–Crippen LogP) is 0.464. The van der Waals surface area contributed by atoms with Crippen LogP contribution in [0.2, 0.25) is 0 Å². The van der Waals surface area contributed by atoms with Crippen molar-refractivity contribution >= 4 is 70.0 Å². The number of aromatic amines is 1. The highest BCUT2D eigenvalue weighted by Gasteiger charge is 2.30. The zero-order valence-corrected chi connectivity index (χ0v) is 42.6. The highest BCUT2D eigenvalue weighted by atomic mass is 16.4. The third kappa shape index (κ3) is 21.4. The lowest BCUT2D eigenvalue weighted by Crippen LogP contribution is -2.52. The molecular weight excluding hydrogens is 971 g/mol. The number of aliphatic imine (C=N–C) groups is 1. The number of carboxylic acid groups (broad SMARTS) is 2. The van der Waals surface area contributed by atoms with E-state index in [1.165, 1.54) is 24.3 Å². The summed E-state index contributed by atoms with van der Waals surface area (Å²) in [5.41, 5.74) is 14.2. The molecule has 0 atom stereocenters. The first-order chi connectivity index (χ1) is 35.9. The van der Waals surface area contributed by atoms with Crippen LogP contribution in [0.4, 0.5) is 0 Å². The Kier molecular flexibility index (Phi) is 24.8. The summed E-state index contributed by atoms with van der Waals surface area (Å²) in [4.78, 5) is 143. The van der Waals surface area contributed by atoms with Crippen LogP contribution in [0.1, 0.15) is 62.1 Å². The lowest BCUT2D eigenvalue weighted by Gasteiger charge is -2.32. The van der Waals surface area contributed by atoms with Gasteiger partial charge in [-0.05, 0) is 54.2 Å². The van der Waals surface area contributed by atoms with Crippen molar-refractivity contribution in [3.05, 3.63) is 96.2 Å². The number of guanidine groups is 1. The van der Waals surface area contributed by atoms with Crippen LogP contribution in [0, 0.1) is 0 Å². The number of amides is 6. The van der Waals surface area contributed by atoms with Gasteiger partial charge in [0.25, 0.3) is 0 Å². The number of unbranched alkanes of at least 4 members (excludes halogenated alkanes) is 1. The molecule has 404 valence electrons. The molecule has 4 rings (SSSR count). The van der Waals surface area contributed by atoms with Gasteiger partial charge in [0.05, 0.1) is 52.1 Å². The van der Waals surface area contributed by atoms with Crippen molar-refractivity contribution in [1.29, 1.82) is 0 Å². The minimum Gasteiger partial charge on any atom is -0.481 e. The number of ketones is 1. The number of carbonyl (C=O) groups excluding carboxylic acids is 7. The summed E-state index contributed by atoms with van der Waals surface area (Å²) >= 11 is 0. The van der Waals surface area contributed by atoms with Crippen LogP contribution in [0.15, 0.2) is 84.5 Å². The molecular formula is C51H69N13O11. The van der Waals surface area contributed by atoms with Crippen LogP contribution >= 0.6 is 0 Å². The molecule has 24 heteroatoms. The lowest BCUT2D eigenvalue weighted by atomic mass is 10.1. The fourth-order valence-electron chi connectivity index (χ4n) is 7.71. The number of hydrogen-bond acceptors (Lipinski definition) is 13. The number of nitrogens with zero attached hydrogens (tertiary/aromatic N) is 9. The second kappa shape index (κ2) is 31.3. The monoisotopic (exact) mass is 1040 g/mol. The molecule has 6 amide bonds. The Morgan fingerprint density at radius 3 is 1.75 bits per heavy atom. The molecule has 0 saturated carbocycles. The van der Waals surface area contributed by atoms with Crippen molar-refractivity contribution < 1.29 is 53.4 Å². The molecule has 0 spiro atoms. The van der Waals surface area contributed by atoms with E-state index < -0.39 is 106 Å². The number of para-hydroxylation sites is 1. The molecule has 0 radical (unpaired) electrons. The molecule has 75 heavy (non-hydrogen) atoms. The zero-order valence-electron chi connectivity index (χ0n) is 42.6. The van der Waals surface area contributed by atoms with Gasteiger partial charge >= 0.3 is 11.9 Å². The van der Waals surface area contributed by atoms with Crippen molar-refractivity contribution in [3.63, 3.8) is 0 Å². The summed E-state index contributed by atoms with van der Waals surface area (Å²) in [5.74, 6) is -7.13. The highest BCUT2D eigenvalue weighted by molar-refractivity contribution is 5.93. The summed E-state index contributed by atoms with van der Waals surface area (Å²) in [6, 6.07) is 14.4. The molecule has 8 N–H and O–H groups in total. The first-order valence-electron chi connectivity index (χ1n) is 24.6. The Morgan fingerprint density at radius 1 is 0.627 bits per heavy atom. The largest absolute Gasteiger partial charge is 0.481 e. The van der Waals surface area contributed by atoms with E-state index in [4.69, 9.17) is 11.5 Å². The Hall–Kier alpha value is -8.28. The topological polar surface area (TPSA) is 332 Å². The summed E-state index contributed by atoms with van der Waals surface area (Å²) < 4.78 is 0. The number of rotatable bonds is 34. The summed E-state index contributed by atoms with van der Waals surface area (Å²) in [6.45, 7) is -2.48. The van der Waals surface area contributed by atoms with E-state index in [1.54, 1.807) is 30.6 Å². The van der Waals surface area contributed by atoms with Gasteiger partial charge < -0.3 is 61.4 Å². The minimum atomic E-state index is -1.27. The fraction of sp³-hybridized carbons (Fsp3) is 0.451. The lowest BCUT2D eigenvalue weighted by molar-refractivity contribution is -0.149. The Balaban J connectivity index is 1.60. The van der Waals surface area contributed by atoms with Crippen LogP contribution in [0.25, 0.3) is 10.9 Å². The van der Waals surface area contributed by atoms with Gasteiger partial charge in [0.2, 0.25) is 35.4 Å². The summed E-state index contributed by atoms with van der Waals surface area (Å²) in [6.07, 6.45) is 9.05. The van der Waals surface area contributed by atoms with E-state index in [-0.39, 0.29) is 63.9 Å². The number of Topliss-reactive ketones (excluding diaryl/α,β-unsaturated/α-hetero) is 1. The molecule has 0 aliphatic rings. The number of nitrogens with one attached hydrogen (secondary N) is 2. The molecule has 0 fully saturated rings. The quantitative estimate of drug-likeness (QED) is 0.0210. The van der Waals surface area contributed by atoms with Gasteiger partial charge in [-0.1, -0.05) is 43.7 Å². The van der Waals surface area contributed by atoms with Crippen molar-refractivity contribution in [2.45, 2.75) is 65.0 Å². The average Bonchev–Trinajstić information content (AvgIpc) is 3.80. The minimum absolute atomic E-state index is 0.0212. The van der Waals surface area contributed by atoms with E-state index in [0.29, 0.717) is 24.9 Å². The third-order valence-corrected chi connectivity index (χ3v) is 11.9. The zero-order chi connectivity index (χ0) is 54.7. The SMILES string of the molecule is CCCCC(=O)CN(C)C(=O)CN(CCC(=O)O)C(=O)CN(Cc1cccnc1)C(=O)CN(CCCN=C(N)N)C(=O)CN(CCC(=O)O)C(=O)CN(CCc1c[nH]c2ccccc12)C(=O)CNCc1cccnc1. The third-order valence-electron chi connectivity index (χ3n) is 11.9. The summed E-state index contributed by atoms with van der Waals surface area (Å²) in [7, 11) is 1.39. The Labute approximate surface area is 435 Å². The van der Waals surface area contributed by atoms with Crippen molar-refractivity contribution in [2.75, 3.05) is 85.6 Å². The van der Waals surface area contributed by atoms with Gasteiger partial charge in [-0.25, -0.2) is 0 Å². The number of pyridine rings is 2. The van der Waals surface area contributed by atoms with E-state index in [2.05, 4.69) is 25.3 Å². The number of H-pyrrole nitrogens is 1. The van der Waals surface area contributed by atoms with Crippen molar-refractivity contribution in [3.8, 4) is 0 Å². The van der Waals surface area contributed by atoms with Gasteiger partial charge in [0, 0.05) is 101 Å². The van der Waals surface area contributed by atoms with E-state index >= 15 is 0 Å². The number of likely N-dealkylation sites (N-methyl/N-ethyl adjacent to an activating group) is 1. The van der Waals surface area contributed by atoms with Gasteiger partial charge in [0.15, 0.2) is 11.7 Å². The van der Waals surface area contributed by atoms with Gasteiger partial charge in [-0.15, -0.1) is 0 Å². The molecule has 0 bridgehead atoms. The normalized spacial score (nSPS) is 10.8. The number of benzene rings is 1. The smallest absolute Gasteiger partial charge is 0.305 e. The van der Waals surface area contributed by atoms with Gasteiger partial charge in [0.1, 0.15) is 6.54 Å². The van der Waals surface area contributed by atoms with E-state index in [0.717, 1.165) is 53.0 Å². The van der Waals surface area contributed by atoms with Crippen LogP contribution in [-0.2, 0) is 62.7 Å². The summed E-state index contributed by atoms with van der Waals surface area (Å²) in [5, 5.41) is 23.3. The first-order valence-corrected chi connectivity index (χ1v) is 24.6. The maximum absolute atomic E-state index is 14.5. The molecule has 4 aromatic rings. The van der Waals surface area contributed by atoms with Crippen LogP contribution in [0.3, 0.4) is 0 Å². The number of aliphatic carboxylic acids is 2. The van der Waals surface area contributed by atoms with E-state index in [1.807, 2.05) is 43.5 Å². The van der Waals surface area contributed by atoms with Crippen molar-refractivity contribution in [2.24, 2.45) is 16.5 Å². The number of fused-ring (bicyclic) bond motifs is 1. The molecule has 0 saturated heterocycles. The molecule has 3 aromatic heterocycles. The Morgan fingerprint density at radius 2 is 1.17 bits per heavy atom. The van der Waals surface area contributed by atoms with Crippen LogP contribution < -0.4 is 16.8 Å². The number of carboxylic acids is 2.